The first-order valence-corrected chi connectivity index (χ1v) is 4.83. The fourth-order valence-electron chi connectivity index (χ4n) is 1.02. The Labute approximate surface area is 89.9 Å². The van der Waals surface area contributed by atoms with E-state index in [1.54, 1.807) is 12.2 Å². The van der Waals surface area contributed by atoms with Gasteiger partial charge in [-0.1, -0.05) is 36.4 Å². The molecule has 0 aliphatic carbocycles. The van der Waals surface area contributed by atoms with E-state index in [-0.39, 0.29) is 5.97 Å². The predicted octanol–water partition coefficient (Wildman–Crippen LogP) is 2.82. The average Bonchev–Trinajstić information content (AvgIpc) is 2.28. The fourth-order valence-corrected chi connectivity index (χ4v) is 1.02. The quantitative estimate of drug-likeness (QED) is 0.317. The summed E-state index contributed by atoms with van der Waals surface area (Å²) in [7, 11) is 0. The van der Waals surface area contributed by atoms with Crippen molar-refractivity contribution < 1.29 is 9.53 Å². The van der Waals surface area contributed by atoms with E-state index in [1.807, 2.05) is 30.3 Å². The van der Waals surface area contributed by atoms with Crippen LogP contribution in [0.15, 0.2) is 49.1 Å². The summed E-state index contributed by atoms with van der Waals surface area (Å²) in [6, 6.07) is 9.62. The molecular weight excluding hydrogens is 188 g/mol. The van der Waals surface area contributed by atoms with Crippen molar-refractivity contribution in [1.82, 2.24) is 0 Å². The van der Waals surface area contributed by atoms with Gasteiger partial charge in [-0.2, -0.15) is 0 Å². The third-order valence-electron chi connectivity index (χ3n) is 1.78. The third kappa shape index (κ3) is 4.81. The Kier molecular flexibility index (Phi) is 4.95. The summed E-state index contributed by atoms with van der Waals surface area (Å²) >= 11 is 0. The summed E-state index contributed by atoms with van der Waals surface area (Å²) in [5, 5.41) is 0. The van der Waals surface area contributed by atoms with Crippen molar-refractivity contribution in [2.24, 2.45) is 0 Å². The second-order valence-corrected chi connectivity index (χ2v) is 2.99. The van der Waals surface area contributed by atoms with Crippen molar-refractivity contribution in [3.05, 3.63) is 54.6 Å². The van der Waals surface area contributed by atoms with Crippen LogP contribution in [0.4, 0.5) is 0 Å². The van der Waals surface area contributed by atoms with Crippen LogP contribution < -0.4 is 0 Å². The summed E-state index contributed by atoms with van der Waals surface area (Å²) in [6.45, 7) is 3.93. The van der Waals surface area contributed by atoms with E-state index in [0.29, 0.717) is 13.0 Å². The molecule has 0 spiro atoms. The highest BCUT2D eigenvalue weighted by Gasteiger charge is 1.94. The zero-order valence-corrected chi connectivity index (χ0v) is 8.56. The second-order valence-electron chi connectivity index (χ2n) is 2.99. The van der Waals surface area contributed by atoms with E-state index < -0.39 is 0 Å². The van der Waals surface area contributed by atoms with Gasteiger partial charge in [-0.15, -0.1) is 6.58 Å². The zero-order valence-electron chi connectivity index (χ0n) is 8.56. The molecule has 0 bridgehead atoms. The molecule has 0 heterocycles. The van der Waals surface area contributed by atoms with Crippen LogP contribution in [0.1, 0.15) is 12.0 Å². The standard InChI is InChI=1S/C13H14O2/c1-2-3-11-15-13(14)10-9-12-7-5-4-6-8-12/h2,4-10H,1,3,11H2/b10-9+. The Morgan fingerprint density at radius 3 is 2.73 bits per heavy atom. The highest BCUT2D eigenvalue weighted by atomic mass is 16.5. The molecule has 2 nitrogen and oxygen atoms in total. The summed E-state index contributed by atoms with van der Waals surface area (Å²) in [6.07, 6.45) is 5.56. The number of benzene rings is 1. The molecule has 1 aromatic carbocycles. The van der Waals surface area contributed by atoms with Gasteiger partial charge in [0, 0.05) is 6.08 Å². The lowest BCUT2D eigenvalue weighted by molar-refractivity contribution is -0.137. The lowest BCUT2D eigenvalue weighted by Gasteiger charge is -1.97. The van der Waals surface area contributed by atoms with Crippen molar-refractivity contribution in [3.8, 4) is 0 Å². The third-order valence-corrected chi connectivity index (χ3v) is 1.78. The Balaban J connectivity index is 2.37. The average molecular weight is 202 g/mol. The maximum atomic E-state index is 11.1. The highest BCUT2D eigenvalue weighted by Crippen LogP contribution is 2.01. The number of carbonyl (C=O) groups is 1. The summed E-state index contributed by atoms with van der Waals surface area (Å²) in [5.74, 6) is -0.319. The zero-order chi connectivity index (χ0) is 10.9. The van der Waals surface area contributed by atoms with Crippen molar-refractivity contribution in [3.63, 3.8) is 0 Å². The maximum Gasteiger partial charge on any atom is 0.330 e. The number of ether oxygens (including phenoxy) is 1. The molecule has 0 amide bonds. The van der Waals surface area contributed by atoms with Crippen LogP contribution >= 0.6 is 0 Å². The normalized spacial score (nSPS) is 10.1. The first-order valence-electron chi connectivity index (χ1n) is 4.83. The van der Waals surface area contributed by atoms with E-state index in [2.05, 4.69) is 6.58 Å². The molecule has 0 fully saturated rings. The molecule has 0 unspecified atom stereocenters. The summed E-state index contributed by atoms with van der Waals surface area (Å²) < 4.78 is 4.91. The minimum Gasteiger partial charge on any atom is -0.462 e. The lowest BCUT2D eigenvalue weighted by Crippen LogP contribution is -2.00. The Hall–Kier alpha value is -1.83. The van der Waals surface area contributed by atoms with Gasteiger partial charge in [0.15, 0.2) is 0 Å². The lowest BCUT2D eigenvalue weighted by atomic mass is 10.2. The molecule has 0 aromatic heterocycles. The van der Waals surface area contributed by atoms with Crippen LogP contribution in [0.25, 0.3) is 6.08 Å². The number of hydrogen-bond donors (Lipinski definition) is 0. The van der Waals surface area contributed by atoms with Crippen LogP contribution in [-0.2, 0) is 9.53 Å². The minimum absolute atomic E-state index is 0.319. The number of carbonyl (C=O) groups excluding carboxylic acids is 1. The molecule has 0 aliphatic heterocycles. The first-order chi connectivity index (χ1) is 7.33. The summed E-state index contributed by atoms with van der Waals surface area (Å²) in [4.78, 5) is 11.1. The van der Waals surface area contributed by atoms with Crippen LogP contribution in [0.3, 0.4) is 0 Å². The van der Waals surface area contributed by atoms with Crippen LogP contribution in [0, 0.1) is 0 Å². The van der Waals surface area contributed by atoms with Gasteiger partial charge in [-0.25, -0.2) is 4.79 Å². The van der Waals surface area contributed by atoms with E-state index in [0.717, 1.165) is 5.56 Å². The second kappa shape index (κ2) is 6.60. The summed E-state index contributed by atoms with van der Waals surface area (Å²) in [5.41, 5.74) is 0.984. The van der Waals surface area contributed by atoms with Gasteiger partial charge in [0.2, 0.25) is 0 Å². The number of hydrogen-bond acceptors (Lipinski definition) is 2. The monoisotopic (exact) mass is 202 g/mol. The largest absolute Gasteiger partial charge is 0.462 e. The van der Waals surface area contributed by atoms with E-state index in [9.17, 15) is 4.79 Å². The predicted molar refractivity (Wildman–Crippen MR) is 61.2 cm³/mol. The van der Waals surface area contributed by atoms with Gasteiger partial charge < -0.3 is 4.74 Å². The Morgan fingerprint density at radius 2 is 2.07 bits per heavy atom. The molecule has 0 aliphatic rings. The molecule has 0 radical (unpaired) electrons. The molecular formula is C13H14O2. The van der Waals surface area contributed by atoms with Gasteiger partial charge in [0.1, 0.15) is 0 Å². The molecule has 0 N–H and O–H groups in total. The molecule has 15 heavy (non-hydrogen) atoms. The molecule has 78 valence electrons. The van der Waals surface area contributed by atoms with Crippen LogP contribution in [-0.4, -0.2) is 12.6 Å². The molecule has 1 aromatic rings. The van der Waals surface area contributed by atoms with Crippen molar-refractivity contribution in [2.45, 2.75) is 6.42 Å². The molecule has 0 atom stereocenters. The van der Waals surface area contributed by atoms with E-state index in [1.165, 1.54) is 6.08 Å². The fraction of sp³-hybridized carbons (Fsp3) is 0.154. The smallest absolute Gasteiger partial charge is 0.330 e. The Bertz CT molecular complexity index is 339. The minimum atomic E-state index is -0.319. The molecule has 2 heteroatoms. The van der Waals surface area contributed by atoms with Gasteiger partial charge in [0.05, 0.1) is 6.61 Å². The molecule has 1 rings (SSSR count). The van der Waals surface area contributed by atoms with E-state index >= 15 is 0 Å². The van der Waals surface area contributed by atoms with Crippen LogP contribution in [0.2, 0.25) is 0 Å². The first kappa shape index (κ1) is 11.2. The van der Waals surface area contributed by atoms with Crippen molar-refractivity contribution >= 4 is 12.0 Å². The topological polar surface area (TPSA) is 26.3 Å². The maximum absolute atomic E-state index is 11.1. The van der Waals surface area contributed by atoms with Gasteiger partial charge >= 0.3 is 5.97 Å². The number of rotatable bonds is 5. The SMILES string of the molecule is C=CCCOC(=O)/C=C/c1ccccc1. The molecule has 0 saturated heterocycles. The van der Waals surface area contributed by atoms with Crippen LogP contribution in [0.5, 0.6) is 0 Å². The van der Waals surface area contributed by atoms with Crippen molar-refractivity contribution in [1.29, 1.82) is 0 Å². The van der Waals surface area contributed by atoms with Crippen molar-refractivity contribution in [2.75, 3.05) is 6.61 Å². The van der Waals surface area contributed by atoms with Gasteiger partial charge in [-0.05, 0) is 18.1 Å². The Morgan fingerprint density at radius 1 is 1.33 bits per heavy atom. The molecule has 0 saturated carbocycles. The van der Waals surface area contributed by atoms with E-state index in [4.69, 9.17) is 4.74 Å². The van der Waals surface area contributed by atoms with Gasteiger partial charge in [0.25, 0.3) is 0 Å². The number of esters is 1. The van der Waals surface area contributed by atoms with Gasteiger partial charge in [-0.3, -0.25) is 0 Å². The highest BCUT2D eigenvalue weighted by molar-refractivity contribution is 5.86.